The van der Waals surface area contributed by atoms with Crippen molar-refractivity contribution in [1.29, 1.82) is 0 Å². The molecule has 1 fully saturated rings. The lowest BCUT2D eigenvalue weighted by atomic mass is 9.98. The van der Waals surface area contributed by atoms with E-state index in [2.05, 4.69) is 0 Å². The van der Waals surface area contributed by atoms with E-state index in [0.29, 0.717) is 22.2 Å². The van der Waals surface area contributed by atoms with Gasteiger partial charge in [-0.15, -0.1) is 0 Å². The van der Waals surface area contributed by atoms with Gasteiger partial charge in [0.25, 0.3) is 0 Å². The van der Waals surface area contributed by atoms with Gasteiger partial charge < -0.3 is 4.90 Å². The fourth-order valence-corrected chi connectivity index (χ4v) is 2.78. The van der Waals surface area contributed by atoms with E-state index in [-0.39, 0.29) is 24.2 Å². The highest BCUT2D eigenvalue weighted by Gasteiger charge is 2.27. The summed E-state index contributed by atoms with van der Waals surface area (Å²) < 4.78 is 0. The first kappa shape index (κ1) is 14.4. The number of piperidine rings is 1. The Morgan fingerprint density at radius 3 is 2.84 bits per heavy atom. The lowest BCUT2D eigenvalue weighted by Gasteiger charge is -2.30. The van der Waals surface area contributed by atoms with E-state index in [4.69, 9.17) is 23.2 Å². The normalized spacial score (nSPS) is 19.6. The smallest absolute Gasteiger partial charge is 0.225 e. The van der Waals surface area contributed by atoms with Gasteiger partial charge in [-0.3, -0.25) is 9.59 Å². The first-order valence-electron chi connectivity index (χ1n) is 6.26. The first-order valence-corrected chi connectivity index (χ1v) is 7.01. The first-order chi connectivity index (χ1) is 8.99. The molecule has 1 amide bonds. The fourth-order valence-electron chi connectivity index (χ4n) is 2.26. The van der Waals surface area contributed by atoms with Crippen LogP contribution in [0.25, 0.3) is 0 Å². The molecule has 1 aliphatic rings. The van der Waals surface area contributed by atoms with Crippen LogP contribution < -0.4 is 0 Å². The van der Waals surface area contributed by atoms with E-state index in [1.807, 2.05) is 6.92 Å². The largest absolute Gasteiger partial charge is 0.335 e. The van der Waals surface area contributed by atoms with Crippen LogP contribution >= 0.6 is 23.2 Å². The van der Waals surface area contributed by atoms with E-state index < -0.39 is 0 Å². The number of nitrogens with zero attached hydrogens (tertiary/aromatic N) is 1. The number of ketones is 1. The minimum atomic E-state index is -0.149. The van der Waals surface area contributed by atoms with Crippen LogP contribution in [0.3, 0.4) is 0 Å². The minimum absolute atomic E-state index is 0.00207. The molecule has 3 nitrogen and oxygen atoms in total. The highest BCUT2D eigenvalue weighted by molar-refractivity contribution is 6.36. The molecule has 1 aromatic rings. The van der Waals surface area contributed by atoms with Gasteiger partial charge >= 0.3 is 0 Å². The van der Waals surface area contributed by atoms with Gasteiger partial charge in [0, 0.05) is 23.0 Å². The third-order valence-corrected chi connectivity index (χ3v) is 3.91. The number of halogens is 2. The summed E-state index contributed by atoms with van der Waals surface area (Å²) in [5.41, 5.74) is 0.414. The summed E-state index contributed by atoms with van der Waals surface area (Å²) in [6.07, 6.45) is 1.83. The Balaban J connectivity index is 2.10. The Labute approximate surface area is 122 Å². The molecule has 2 rings (SSSR count). The van der Waals surface area contributed by atoms with Crippen molar-refractivity contribution in [3.63, 3.8) is 0 Å². The Hall–Kier alpha value is -1.06. The van der Waals surface area contributed by atoms with E-state index in [1.54, 1.807) is 17.0 Å². The van der Waals surface area contributed by atoms with E-state index in [0.717, 1.165) is 12.8 Å². The molecule has 0 bridgehead atoms. The highest BCUT2D eigenvalue weighted by Crippen LogP contribution is 2.23. The van der Waals surface area contributed by atoms with Gasteiger partial charge in [-0.25, -0.2) is 0 Å². The van der Waals surface area contributed by atoms with Gasteiger partial charge in [-0.05, 0) is 31.0 Å². The van der Waals surface area contributed by atoms with Crippen LogP contribution in [0.2, 0.25) is 10.0 Å². The number of likely N-dealkylation sites (tertiary alicyclic amines) is 1. The number of Topliss-reactive ketones (excluding diaryl/α,β-unsaturated/α-hetero) is 1. The summed E-state index contributed by atoms with van der Waals surface area (Å²) in [6.45, 7) is 2.62. The Morgan fingerprint density at radius 2 is 2.16 bits per heavy atom. The summed E-state index contributed by atoms with van der Waals surface area (Å²) in [5, 5.41) is 0.819. The molecule has 0 aromatic heterocycles. The summed E-state index contributed by atoms with van der Waals surface area (Å²) >= 11 is 11.8. The van der Waals surface area contributed by atoms with Crippen LogP contribution in [0.1, 0.15) is 30.1 Å². The molecule has 1 saturated heterocycles. The van der Waals surface area contributed by atoms with Crippen molar-refractivity contribution in [3.05, 3.63) is 33.8 Å². The van der Waals surface area contributed by atoms with Crippen LogP contribution in [0.4, 0.5) is 0 Å². The van der Waals surface area contributed by atoms with Gasteiger partial charge in [0.2, 0.25) is 5.91 Å². The molecule has 0 saturated carbocycles. The zero-order chi connectivity index (χ0) is 14.0. The van der Waals surface area contributed by atoms with Gasteiger partial charge in [0.05, 0.1) is 11.6 Å². The third kappa shape index (κ3) is 3.28. The third-order valence-electron chi connectivity index (χ3n) is 3.36. The second-order valence-electron chi connectivity index (χ2n) is 4.85. The van der Waals surface area contributed by atoms with Crippen molar-refractivity contribution in [2.75, 3.05) is 13.1 Å². The molecule has 0 N–H and O–H groups in total. The average Bonchev–Trinajstić information content (AvgIpc) is 2.34. The van der Waals surface area contributed by atoms with E-state index in [1.165, 1.54) is 6.07 Å². The molecule has 0 spiro atoms. The average molecular weight is 300 g/mol. The van der Waals surface area contributed by atoms with E-state index in [9.17, 15) is 9.59 Å². The summed E-state index contributed by atoms with van der Waals surface area (Å²) in [5.74, 6) is -0.101. The topological polar surface area (TPSA) is 37.4 Å². The molecule has 1 aromatic carbocycles. The van der Waals surface area contributed by atoms with Crippen molar-refractivity contribution in [3.8, 4) is 0 Å². The lowest BCUT2D eigenvalue weighted by Crippen LogP contribution is -2.43. The molecule has 19 heavy (non-hydrogen) atoms. The van der Waals surface area contributed by atoms with Gasteiger partial charge in [-0.2, -0.15) is 0 Å². The van der Waals surface area contributed by atoms with Gasteiger partial charge in [0.1, 0.15) is 0 Å². The molecule has 102 valence electrons. The Bertz CT molecular complexity index is 516. The van der Waals surface area contributed by atoms with Gasteiger partial charge in [-0.1, -0.05) is 30.1 Å². The van der Waals surface area contributed by atoms with Crippen molar-refractivity contribution >= 4 is 34.9 Å². The maximum absolute atomic E-state index is 12.2. The minimum Gasteiger partial charge on any atom is -0.335 e. The number of carbonyl (C=O) groups is 2. The molecule has 1 heterocycles. The second kappa shape index (κ2) is 5.93. The van der Waals surface area contributed by atoms with Crippen LogP contribution in [0.5, 0.6) is 0 Å². The standard InChI is InChI=1S/C14H15Cl2NO2/c1-9-3-2-6-17(14(9)19)8-13(18)11-5-4-10(15)7-12(11)16/h4-5,7,9H,2-3,6,8H2,1H3. The Morgan fingerprint density at radius 1 is 1.42 bits per heavy atom. The number of benzene rings is 1. The number of carbonyl (C=O) groups excluding carboxylic acids is 2. The number of hydrogen-bond donors (Lipinski definition) is 0. The predicted octanol–water partition coefficient (Wildman–Crippen LogP) is 3.43. The quantitative estimate of drug-likeness (QED) is 0.802. The molecule has 1 aliphatic heterocycles. The van der Waals surface area contributed by atoms with Crippen molar-refractivity contribution in [2.24, 2.45) is 5.92 Å². The maximum atomic E-state index is 12.2. The van der Waals surface area contributed by atoms with Crippen molar-refractivity contribution in [1.82, 2.24) is 4.90 Å². The summed E-state index contributed by atoms with van der Waals surface area (Å²) in [4.78, 5) is 25.7. The Kier molecular flexibility index (Phi) is 4.48. The van der Waals surface area contributed by atoms with Crippen LogP contribution in [0.15, 0.2) is 18.2 Å². The zero-order valence-electron chi connectivity index (χ0n) is 10.7. The molecule has 0 radical (unpaired) electrons. The van der Waals surface area contributed by atoms with Crippen LogP contribution in [-0.2, 0) is 4.79 Å². The molecule has 0 aliphatic carbocycles. The van der Waals surface area contributed by atoms with Crippen LogP contribution in [-0.4, -0.2) is 29.7 Å². The maximum Gasteiger partial charge on any atom is 0.225 e. The number of rotatable bonds is 3. The predicted molar refractivity (Wildman–Crippen MR) is 75.8 cm³/mol. The van der Waals surface area contributed by atoms with Gasteiger partial charge in [0.15, 0.2) is 5.78 Å². The number of amides is 1. The van der Waals surface area contributed by atoms with Crippen LogP contribution in [0, 0.1) is 5.92 Å². The van der Waals surface area contributed by atoms with Crippen molar-refractivity contribution in [2.45, 2.75) is 19.8 Å². The SMILES string of the molecule is CC1CCCN(CC(=O)c2ccc(Cl)cc2Cl)C1=O. The van der Waals surface area contributed by atoms with Crippen molar-refractivity contribution < 1.29 is 9.59 Å². The highest BCUT2D eigenvalue weighted by atomic mass is 35.5. The lowest BCUT2D eigenvalue weighted by molar-refractivity contribution is -0.137. The fraction of sp³-hybridized carbons (Fsp3) is 0.429. The molecular weight excluding hydrogens is 285 g/mol. The summed E-state index contributed by atoms with van der Waals surface area (Å²) in [6, 6.07) is 4.77. The second-order valence-corrected chi connectivity index (χ2v) is 5.69. The molecule has 1 atom stereocenters. The number of hydrogen-bond acceptors (Lipinski definition) is 2. The summed E-state index contributed by atoms with van der Waals surface area (Å²) in [7, 11) is 0. The zero-order valence-corrected chi connectivity index (χ0v) is 12.2. The molecule has 5 heteroatoms. The monoisotopic (exact) mass is 299 g/mol. The molecular formula is C14H15Cl2NO2. The molecule has 1 unspecified atom stereocenters. The van der Waals surface area contributed by atoms with E-state index >= 15 is 0 Å².